The number of amides is 1. The zero-order chi connectivity index (χ0) is 18.5. The molecule has 1 heterocycles. The summed E-state index contributed by atoms with van der Waals surface area (Å²) in [6, 6.07) is 7.56. The van der Waals surface area contributed by atoms with Gasteiger partial charge in [0, 0.05) is 9.77 Å². The molecule has 2 aromatic rings. The minimum absolute atomic E-state index is 0.128. The number of aryl methyl sites for hydroxylation is 1. The number of hydrogen-bond acceptors (Lipinski definition) is 6. The molecule has 1 aliphatic rings. The molecule has 26 heavy (non-hydrogen) atoms. The number of rotatable bonds is 7. The molecule has 0 atom stereocenters. The zero-order valence-corrected chi connectivity index (χ0v) is 16.4. The first-order valence-corrected chi connectivity index (χ1v) is 10.3. The Kier molecular flexibility index (Phi) is 6.21. The molecule has 1 N–H and O–H groups in total. The fourth-order valence-electron chi connectivity index (χ4n) is 2.90. The van der Waals surface area contributed by atoms with Gasteiger partial charge in [-0.25, -0.2) is 4.79 Å². The molecule has 7 heteroatoms. The topological polar surface area (TPSA) is 64.6 Å². The van der Waals surface area contributed by atoms with Gasteiger partial charge in [0.15, 0.2) is 0 Å². The molecule has 0 saturated carbocycles. The number of fused-ring (bicyclic) bond motifs is 1. The molecule has 1 aromatic heterocycles. The summed E-state index contributed by atoms with van der Waals surface area (Å²) in [4.78, 5) is 26.9. The molecule has 1 amide bonds. The van der Waals surface area contributed by atoms with Crippen LogP contribution in [0.25, 0.3) is 0 Å². The predicted octanol–water partition coefficient (Wildman–Crippen LogP) is 4.15. The minimum atomic E-state index is -0.343. The lowest BCUT2D eigenvalue weighted by molar-refractivity contribution is -0.113. The van der Waals surface area contributed by atoms with Crippen molar-refractivity contribution in [2.24, 2.45) is 0 Å². The van der Waals surface area contributed by atoms with Gasteiger partial charge in [-0.3, -0.25) is 4.79 Å². The van der Waals surface area contributed by atoms with Crippen LogP contribution in [0.4, 0.5) is 5.00 Å². The van der Waals surface area contributed by atoms with Gasteiger partial charge in [0.05, 0.1) is 25.0 Å². The molecule has 1 aliphatic carbocycles. The zero-order valence-electron chi connectivity index (χ0n) is 14.8. The number of nitrogens with one attached hydrogen (secondary N) is 1. The van der Waals surface area contributed by atoms with Crippen LogP contribution in [-0.4, -0.2) is 31.3 Å². The largest absolute Gasteiger partial charge is 0.497 e. The first-order valence-electron chi connectivity index (χ1n) is 8.50. The molecule has 0 unspecified atom stereocenters. The number of carbonyl (C=O) groups excluding carboxylic acids is 2. The average molecular weight is 392 g/mol. The summed E-state index contributed by atoms with van der Waals surface area (Å²) in [6.07, 6.45) is 2.88. The Hall–Kier alpha value is -1.99. The normalized spacial score (nSPS) is 12.5. The maximum atomic E-state index is 12.4. The van der Waals surface area contributed by atoms with Gasteiger partial charge in [0.25, 0.3) is 0 Å². The minimum Gasteiger partial charge on any atom is -0.497 e. The van der Waals surface area contributed by atoms with Gasteiger partial charge in [0.2, 0.25) is 5.91 Å². The molecular weight excluding hydrogens is 370 g/mol. The van der Waals surface area contributed by atoms with E-state index in [4.69, 9.17) is 9.47 Å². The number of esters is 1. The molecule has 5 nitrogen and oxygen atoms in total. The first kappa shape index (κ1) is 18.8. The lowest BCUT2D eigenvalue weighted by Crippen LogP contribution is -2.16. The second-order valence-corrected chi connectivity index (χ2v) is 7.95. The molecule has 1 aromatic carbocycles. The molecule has 0 saturated heterocycles. The first-order chi connectivity index (χ1) is 12.6. The van der Waals surface area contributed by atoms with Crippen LogP contribution in [0.2, 0.25) is 0 Å². The fraction of sp³-hybridized carbons (Fsp3) is 0.368. The SMILES string of the molecule is CCOC(=O)c1c(NC(=O)CSc2ccc(OC)cc2)sc2c1CCC2. The van der Waals surface area contributed by atoms with Crippen molar-refractivity contribution in [3.63, 3.8) is 0 Å². The van der Waals surface area contributed by atoms with Gasteiger partial charge < -0.3 is 14.8 Å². The number of carbonyl (C=O) groups is 2. The maximum absolute atomic E-state index is 12.4. The van der Waals surface area contributed by atoms with E-state index in [1.807, 2.05) is 24.3 Å². The number of hydrogen-bond donors (Lipinski definition) is 1. The second-order valence-electron chi connectivity index (χ2n) is 5.79. The molecule has 0 aliphatic heterocycles. The molecule has 0 bridgehead atoms. The highest BCUT2D eigenvalue weighted by Crippen LogP contribution is 2.39. The summed E-state index contributed by atoms with van der Waals surface area (Å²) in [7, 11) is 1.62. The van der Waals surface area contributed by atoms with Crippen molar-refractivity contribution in [1.82, 2.24) is 0 Å². The Morgan fingerprint density at radius 1 is 1.23 bits per heavy atom. The van der Waals surface area contributed by atoms with E-state index in [2.05, 4.69) is 5.32 Å². The van der Waals surface area contributed by atoms with Crippen LogP contribution in [0.15, 0.2) is 29.2 Å². The molecule has 0 spiro atoms. The van der Waals surface area contributed by atoms with E-state index in [0.29, 0.717) is 17.2 Å². The van der Waals surface area contributed by atoms with E-state index in [1.54, 1.807) is 14.0 Å². The van der Waals surface area contributed by atoms with Crippen molar-refractivity contribution in [2.75, 3.05) is 24.8 Å². The molecule has 0 radical (unpaired) electrons. The van der Waals surface area contributed by atoms with Gasteiger partial charge in [0.1, 0.15) is 10.8 Å². The van der Waals surface area contributed by atoms with E-state index >= 15 is 0 Å². The summed E-state index contributed by atoms with van der Waals surface area (Å²) in [5.74, 6) is 0.587. The second kappa shape index (κ2) is 8.60. The van der Waals surface area contributed by atoms with Crippen molar-refractivity contribution < 1.29 is 19.1 Å². The van der Waals surface area contributed by atoms with Crippen LogP contribution in [0, 0.1) is 0 Å². The van der Waals surface area contributed by atoms with E-state index in [9.17, 15) is 9.59 Å². The summed E-state index contributed by atoms with van der Waals surface area (Å²) in [5.41, 5.74) is 1.60. The molecule has 3 rings (SSSR count). The monoisotopic (exact) mass is 391 g/mol. The lowest BCUT2D eigenvalue weighted by Gasteiger charge is -2.08. The van der Waals surface area contributed by atoms with Gasteiger partial charge in [-0.15, -0.1) is 23.1 Å². The van der Waals surface area contributed by atoms with Crippen molar-refractivity contribution in [3.8, 4) is 5.75 Å². The highest BCUT2D eigenvalue weighted by Gasteiger charge is 2.28. The summed E-state index contributed by atoms with van der Waals surface area (Å²) >= 11 is 2.94. The molecule has 0 fully saturated rings. The van der Waals surface area contributed by atoms with E-state index in [-0.39, 0.29) is 17.6 Å². The Morgan fingerprint density at radius 2 is 2.00 bits per heavy atom. The Morgan fingerprint density at radius 3 is 2.69 bits per heavy atom. The van der Waals surface area contributed by atoms with Crippen molar-refractivity contribution in [2.45, 2.75) is 31.1 Å². The van der Waals surface area contributed by atoms with E-state index in [1.165, 1.54) is 28.0 Å². The van der Waals surface area contributed by atoms with E-state index < -0.39 is 0 Å². The van der Waals surface area contributed by atoms with Crippen molar-refractivity contribution in [1.29, 1.82) is 0 Å². The quantitative estimate of drug-likeness (QED) is 0.567. The van der Waals surface area contributed by atoms with Crippen LogP contribution in [0.5, 0.6) is 5.75 Å². The maximum Gasteiger partial charge on any atom is 0.341 e. The number of anilines is 1. The Bertz CT molecular complexity index is 799. The standard InChI is InChI=1S/C19H21NO4S2/c1-3-24-19(22)17-14-5-4-6-15(14)26-18(17)20-16(21)11-25-13-9-7-12(23-2)8-10-13/h7-10H,3-6,11H2,1-2H3,(H,20,21). The molecular formula is C19H21NO4S2. The van der Waals surface area contributed by atoms with Crippen LogP contribution < -0.4 is 10.1 Å². The average Bonchev–Trinajstić information content (AvgIpc) is 3.21. The fourth-order valence-corrected chi connectivity index (χ4v) is 4.89. The van der Waals surface area contributed by atoms with Gasteiger partial charge >= 0.3 is 5.97 Å². The predicted molar refractivity (Wildman–Crippen MR) is 105 cm³/mol. The van der Waals surface area contributed by atoms with Gasteiger partial charge in [-0.1, -0.05) is 0 Å². The smallest absolute Gasteiger partial charge is 0.341 e. The highest BCUT2D eigenvalue weighted by atomic mass is 32.2. The van der Waals surface area contributed by atoms with Gasteiger partial charge in [-0.05, 0) is 56.0 Å². The number of methoxy groups -OCH3 is 1. The Labute approximate surface area is 161 Å². The number of benzene rings is 1. The third-order valence-corrected chi connectivity index (χ3v) is 6.30. The van der Waals surface area contributed by atoms with Crippen LogP contribution in [0.1, 0.15) is 34.1 Å². The summed E-state index contributed by atoms with van der Waals surface area (Å²) in [5, 5.41) is 3.52. The summed E-state index contributed by atoms with van der Waals surface area (Å²) < 4.78 is 10.3. The van der Waals surface area contributed by atoms with Crippen LogP contribution in [0.3, 0.4) is 0 Å². The lowest BCUT2D eigenvalue weighted by atomic mass is 10.1. The number of thioether (sulfide) groups is 1. The molecule has 138 valence electrons. The van der Waals surface area contributed by atoms with Crippen LogP contribution in [-0.2, 0) is 22.4 Å². The Balaban J connectivity index is 1.66. The highest BCUT2D eigenvalue weighted by molar-refractivity contribution is 8.00. The van der Waals surface area contributed by atoms with Crippen molar-refractivity contribution in [3.05, 3.63) is 40.3 Å². The van der Waals surface area contributed by atoms with Crippen LogP contribution >= 0.6 is 23.1 Å². The van der Waals surface area contributed by atoms with E-state index in [0.717, 1.165) is 35.5 Å². The third kappa shape index (κ3) is 4.22. The van der Waals surface area contributed by atoms with Gasteiger partial charge in [-0.2, -0.15) is 0 Å². The third-order valence-electron chi connectivity index (χ3n) is 4.08. The number of ether oxygens (including phenoxy) is 2. The number of thiophene rings is 1. The summed E-state index contributed by atoms with van der Waals surface area (Å²) in [6.45, 7) is 2.11. The van der Waals surface area contributed by atoms with Crippen molar-refractivity contribution >= 4 is 40.0 Å².